The smallest absolute Gasteiger partial charge is 0.407 e. The van der Waals surface area contributed by atoms with Crippen LogP contribution in [0.3, 0.4) is 0 Å². The van der Waals surface area contributed by atoms with E-state index in [4.69, 9.17) is 14.6 Å². The average Bonchev–Trinajstić information content (AvgIpc) is 3.17. The SMILES string of the molecule is COC[C@H](NC(=O)OCC1c2ccccc2-c2ccccc21)C(=O)Nc1ccc(C(=O)O)cc1C. The molecule has 1 atom stereocenters. The number of anilines is 1. The molecule has 0 radical (unpaired) electrons. The molecule has 0 saturated carbocycles. The van der Waals surface area contributed by atoms with Crippen molar-refractivity contribution in [2.24, 2.45) is 0 Å². The lowest BCUT2D eigenvalue weighted by Gasteiger charge is -2.20. The molecule has 0 aromatic heterocycles. The number of alkyl carbamates (subject to hydrolysis) is 1. The highest BCUT2D eigenvalue weighted by Crippen LogP contribution is 2.44. The van der Waals surface area contributed by atoms with Gasteiger partial charge >= 0.3 is 12.1 Å². The van der Waals surface area contributed by atoms with Crippen molar-refractivity contribution in [2.75, 3.05) is 25.6 Å². The number of ether oxygens (including phenoxy) is 2. The lowest BCUT2D eigenvalue weighted by molar-refractivity contribution is -0.119. The highest BCUT2D eigenvalue weighted by Gasteiger charge is 2.30. The van der Waals surface area contributed by atoms with Crippen LogP contribution in [-0.2, 0) is 14.3 Å². The minimum absolute atomic E-state index is 0.0672. The molecule has 1 aliphatic carbocycles. The molecule has 0 heterocycles. The van der Waals surface area contributed by atoms with Crippen LogP contribution in [-0.4, -0.2) is 49.4 Å². The molecular formula is C27H26N2O6. The second kappa shape index (κ2) is 10.4. The number of carbonyl (C=O) groups excluding carboxylic acids is 2. The van der Waals surface area contributed by atoms with Crippen molar-refractivity contribution in [3.05, 3.63) is 89.0 Å². The second-order valence-electron chi connectivity index (χ2n) is 8.30. The highest BCUT2D eigenvalue weighted by atomic mass is 16.5. The van der Waals surface area contributed by atoms with Gasteiger partial charge in [0, 0.05) is 18.7 Å². The normalized spacial score (nSPS) is 12.9. The van der Waals surface area contributed by atoms with Gasteiger partial charge in [-0.2, -0.15) is 0 Å². The maximum atomic E-state index is 12.8. The van der Waals surface area contributed by atoms with Crippen molar-refractivity contribution in [3.8, 4) is 11.1 Å². The summed E-state index contributed by atoms with van der Waals surface area (Å²) >= 11 is 0. The predicted molar refractivity (Wildman–Crippen MR) is 131 cm³/mol. The van der Waals surface area contributed by atoms with E-state index in [-0.39, 0.29) is 24.7 Å². The van der Waals surface area contributed by atoms with Gasteiger partial charge in [-0.25, -0.2) is 9.59 Å². The Bertz CT molecular complexity index is 1230. The van der Waals surface area contributed by atoms with Gasteiger partial charge in [0.05, 0.1) is 12.2 Å². The van der Waals surface area contributed by atoms with E-state index < -0.39 is 24.0 Å². The molecule has 3 N–H and O–H groups in total. The molecule has 8 heteroatoms. The van der Waals surface area contributed by atoms with Gasteiger partial charge in [-0.05, 0) is 52.9 Å². The predicted octanol–water partition coefficient (Wildman–Crippen LogP) is 4.19. The first-order chi connectivity index (χ1) is 16.9. The molecule has 0 fully saturated rings. The topological polar surface area (TPSA) is 114 Å². The fourth-order valence-corrected chi connectivity index (χ4v) is 4.29. The molecule has 35 heavy (non-hydrogen) atoms. The summed E-state index contributed by atoms with van der Waals surface area (Å²) in [6.45, 7) is 1.74. The number of hydrogen-bond donors (Lipinski definition) is 3. The van der Waals surface area contributed by atoms with Crippen LogP contribution in [0.25, 0.3) is 11.1 Å². The standard InChI is InChI=1S/C27H26N2O6/c1-16-13-17(26(31)32)11-12-23(16)28-25(30)24(15-34-2)29-27(33)35-14-22-20-9-5-3-7-18(20)19-8-4-6-10-21(19)22/h3-13,22,24H,14-15H2,1-2H3,(H,28,30)(H,29,33)(H,31,32)/t24-/m0/s1. The van der Waals surface area contributed by atoms with Crippen molar-refractivity contribution in [1.29, 1.82) is 0 Å². The number of carboxylic acids is 1. The van der Waals surface area contributed by atoms with Gasteiger partial charge in [0.1, 0.15) is 12.6 Å². The molecule has 180 valence electrons. The molecule has 0 saturated heterocycles. The molecular weight excluding hydrogens is 448 g/mol. The van der Waals surface area contributed by atoms with Gasteiger partial charge in [0.2, 0.25) is 5.91 Å². The summed E-state index contributed by atoms with van der Waals surface area (Å²) in [5.74, 6) is -1.66. The third kappa shape index (κ3) is 5.17. The van der Waals surface area contributed by atoms with Crippen LogP contribution in [0.1, 0.15) is 33.0 Å². The lowest BCUT2D eigenvalue weighted by atomic mass is 9.98. The summed E-state index contributed by atoms with van der Waals surface area (Å²) in [6, 6.07) is 19.4. The number of aryl methyl sites for hydroxylation is 1. The fourth-order valence-electron chi connectivity index (χ4n) is 4.29. The Balaban J connectivity index is 1.41. The van der Waals surface area contributed by atoms with Crippen molar-refractivity contribution >= 4 is 23.7 Å². The zero-order chi connectivity index (χ0) is 24.9. The van der Waals surface area contributed by atoms with E-state index in [1.54, 1.807) is 6.92 Å². The average molecular weight is 475 g/mol. The number of nitrogens with one attached hydrogen (secondary N) is 2. The maximum absolute atomic E-state index is 12.8. The quantitative estimate of drug-likeness (QED) is 0.451. The Labute approximate surface area is 202 Å². The number of amides is 2. The summed E-state index contributed by atoms with van der Waals surface area (Å²) < 4.78 is 10.6. The zero-order valence-corrected chi connectivity index (χ0v) is 19.4. The third-order valence-electron chi connectivity index (χ3n) is 6.02. The minimum atomic E-state index is -1.06. The summed E-state index contributed by atoms with van der Waals surface area (Å²) in [7, 11) is 1.42. The van der Waals surface area contributed by atoms with Crippen LogP contribution < -0.4 is 10.6 Å². The second-order valence-corrected chi connectivity index (χ2v) is 8.30. The molecule has 4 rings (SSSR count). The Kier molecular flexibility index (Phi) is 7.12. The van der Waals surface area contributed by atoms with Crippen molar-refractivity contribution < 1.29 is 29.0 Å². The van der Waals surface area contributed by atoms with Crippen LogP contribution in [0, 0.1) is 6.92 Å². The molecule has 3 aromatic rings. The summed E-state index contributed by atoms with van der Waals surface area (Å²) in [4.78, 5) is 36.6. The van der Waals surface area contributed by atoms with Crippen LogP contribution >= 0.6 is 0 Å². The van der Waals surface area contributed by atoms with Gasteiger partial charge in [0.25, 0.3) is 0 Å². The van der Waals surface area contributed by atoms with Gasteiger partial charge in [-0.3, -0.25) is 4.79 Å². The Morgan fingerprint density at radius 1 is 0.971 bits per heavy atom. The van der Waals surface area contributed by atoms with Crippen LogP contribution in [0.2, 0.25) is 0 Å². The minimum Gasteiger partial charge on any atom is -0.478 e. The molecule has 0 aliphatic heterocycles. The van der Waals surface area contributed by atoms with E-state index >= 15 is 0 Å². The molecule has 1 aliphatic rings. The molecule has 3 aromatic carbocycles. The van der Waals surface area contributed by atoms with Crippen LogP contribution in [0.5, 0.6) is 0 Å². The largest absolute Gasteiger partial charge is 0.478 e. The van der Waals surface area contributed by atoms with E-state index in [1.807, 2.05) is 36.4 Å². The number of fused-ring (bicyclic) bond motifs is 3. The molecule has 0 bridgehead atoms. The van der Waals surface area contributed by atoms with Crippen molar-refractivity contribution in [2.45, 2.75) is 18.9 Å². The monoisotopic (exact) mass is 474 g/mol. The number of rotatable bonds is 8. The Hall–Kier alpha value is -4.17. The number of carbonyl (C=O) groups is 3. The third-order valence-corrected chi connectivity index (χ3v) is 6.02. The molecule has 0 spiro atoms. The Morgan fingerprint density at radius 2 is 1.60 bits per heavy atom. The number of hydrogen-bond acceptors (Lipinski definition) is 5. The van der Waals surface area contributed by atoms with E-state index in [0.29, 0.717) is 11.3 Å². The Morgan fingerprint density at radius 3 is 2.17 bits per heavy atom. The number of carboxylic acid groups (broad SMARTS) is 1. The van der Waals surface area contributed by atoms with E-state index in [1.165, 1.54) is 25.3 Å². The highest BCUT2D eigenvalue weighted by molar-refractivity contribution is 5.98. The van der Waals surface area contributed by atoms with Crippen molar-refractivity contribution in [3.63, 3.8) is 0 Å². The van der Waals surface area contributed by atoms with Gasteiger partial charge in [-0.1, -0.05) is 48.5 Å². The fraction of sp³-hybridized carbons (Fsp3) is 0.222. The maximum Gasteiger partial charge on any atom is 0.407 e. The van der Waals surface area contributed by atoms with Crippen LogP contribution in [0.4, 0.5) is 10.5 Å². The van der Waals surface area contributed by atoms with E-state index in [2.05, 4.69) is 22.8 Å². The molecule has 0 unspecified atom stereocenters. The number of benzene rings is 3. The summed E-state index contributed by atoms with van der Waals surface area (Å²) in [5.41, 5.74) is 5.56. The van der Waals surface area contributed by atoms with Gasteiger partial charge in [-0.15, -0.1) is 0 Å². The first-order valence-corrected chi connectivity index (χ1v) is 11.1. The lowest BCUT2D eigenvalue weighted by Crippen LogP contribution is -2.47. The zero-order valence-electron chi connectivity index (χ0n) is 19.4. The molecule has 2 amide bonds. The first kappa shape index (κ1) is 24.0. The summed E-state index contributed by atoms with van der Waals surface area (Å²) in [6.07, 6.45) is -0.734. The van der Waals surface area contributed by atoms with Gasteiger partial charge in [0.15, 0.2) is 0 Å². The molecule has 8 nitrogen and oxygen atoms in total. The van der Waals surface area contributed by atoms with E-state index in [9.17, 15) is 14.4 Å². The van der Waals surface area contributed by atoms with Gasteiger partial charge < -0.3 is 25.2 Å². The van der Waals surface area contributed by atoms with E-state index in [0.717, 1.165) is 22.3 Å². The van der Waals surface area contributed by atoms with Crippen molar-refractivity contribution in [1.82, 2.24) is 5.32 Å². The first-order valence-electron chi connectivity index (χ1n) is 11.1. The number of aromatic carboxylic acids is 1. The van der Waals surface area contributed by atoms with Crippen LogP contribution in [0.15, 0.2) is 66.7 Å². The number of methoxy groups -OCH3 is 1. The summed E-state index contributed by atoms with van der Waals surface area (Å²) in [5, 5.41) is 14.4.